The zero-order chi connectivity index (χ0) is 8.81. The van der Waals surface area contributed by atoms with Crippen molar-refractivity contribution in [1.29, 1.82) is 0 Å². The van der Waals surface area contributed by atoms with Crippen LogP contribution in [-0.4, -0.2) is 18.5 Å². The molecule has 1 N–H and O–H groups in total. The number of rotatable bonds is 4. The van der Waals surface area contributed by atoms with Gasteiger partial charge >= 0.3 is 0 Å². The van der Waals surface area contributed by atoms with Gasteiger partial charge in [-0.2, -0.15) is 0 Å². The van der Waals surface area contributed by atoms with E-state index in [-0.39, 0.29) is 0 Å². The first-order valence-corrected chi connectivity index (χ1v) is 5.32. The summed E-state index contributed by atoms with van der Waals surface area (Å²) in [4.78, 5) is 0. The number of hydrogen-bond acceptors (Lipinski definition) is 1. The number of hydrogen-bond donors (Lipinski definition) is 1. The molecule has 1 aliphatic carbocycles. The van der Waals surface area contributed by atoms with Gasteiger partial charge in [-0.25, -0.2) is 0 Å². The van der Waals surface area contributed by atoms with Crippen LogP contribution in [0.3, 0.4) is 0 Å². The minimum Gasteiger partial charge on any atom is -0.310 e. The Hall–Kier alpha value is -0.0100. The molecule has 0 radical (unpaired) electrons. The van der Waals surface area contributed by atoms with Crippen LogP contribution in [0.5, 0.6) is 0 Å². The first-order chi connectivity index (χ1) is 5.84. The van der Waals surface area contributed by atoms with Crippen LogP contribution in [0.1, 0.15) is 26.2 Å². The lowest BCUT2D eigenvalue weighted by atomic mass is 10.1. The highest BCUT2D eigenvalue weighted by molar-refractivity contribution is 6.18. The summed E-state index contributed by atoms with van der Waals surface area (Å²) in [7, 11) is 0. The molecule has 2 heteroatoms. The molecular weight excluding hydrogens is 170 g/mol. The van der Waals surface area contributed by atoms with Gasteiger partial charge in [0, 0.05) is 18.5 Å². The van der Waals surface area contributed by atoms with Crippen molar-refractivity contribution in [2.45, 2.75) is 32.2 Å². The third-order valence-electron chi connectivity index (χ3n) is 2.62. The Morgan fingerprint density at radius 2 is 2.25 bits per heavy atom. The molecule has 0 aromatic heterocycles. The van der Waals surface area contributed by atoms with Gasteiger partial charge in [-0.1, -0.05) is 25.5 Å². The summed E-state index contributed by atoms with van der Waals surface area (Å²) in [5.74, 6) is 1.48. The molecule has 0 aliphatic heterocycles. The van der Waals surface area contributed by atoms with Gasteiger partial charge in [0.15, 0.2) is 0 Å². The van der Waals surface area contributed by atoms with E-state index in [0.29, 0.717) is 5.88 Å². The molecule has 0 aromatic carbocycles. The van der Waals surface area contributed by atoms with E-state index in [9.17, 15) is 0 Å². The molecule has 0 amide bonds. The number of allylic oxidation sites excluding steroid dienone is 1. The van der Waals surface area contributed by atoms with Gasteiger partial charge in [0.25, 0.3) is 0 Å². The van der Waals surface area contributed by atoms with Crippen LogP contribution in [0.25, 0.3) is 0 Å². The Bertz CT molecular complexity index is 145. The fourth-order valence-electron chi connectivity index (χ4n) is 1.81. The van der Waals surface area contributed by atoms with E-state index < -0.39 is 0 Å². The Balaban J connectivity index is 2.10. The van der Waals surface area contributed by atoms with E-state index in [1.807, 2.05) is 6.08 Å². The molecular formula is C10H18ClN. The molecule has 1 rings (SSSR count). The van der Waals surface area contributed by atoms with Crippen molar-refractivity contribution < 1.29 is 0 Å². The highest BCUT2D eigenvalue weighted by Crippen LogP contribution is 2.24. The first-order valence-electron chi connectivity index (χ1n) is 4.79. The molecule has 0 bridgehead atoms. The maximum absolute atomic E-state index is 5.51. The second-order valence-corrected chi connectivity index (χ2v) is 3.86. The fourth-order valence-corrected chi connectivity index (χ4v) is 1.94. The maximum Gasteiger partial charge on any atom is 0.0404 e. The SMILES string of the molecule is CC1CCCC1NC/C=C/CCl. The third kappa shape index (κ3) is 3.16. The number of nitrogens with one attached hydrogen (secondary N) is 1. The van der Waals surface area contributed by atoms with Crippen molar-refractivity contribution in [1.82, 2.24) is 5.32 Å². The summed E-state index contributed by atoms with van der Waals surface area (Å²) in [6.07, 6.45) is 8.22. The van der Waals surface area contributed by atoms with Crippen molar-refractivity contribution in [3.05, 3.63) is 12.2 Å². The topological polar surface area (TPSA) is 12.0 Å². The van der Waals surface area contributed by atoms with Gasteiger partial charge < -0.3 is 5.32 Å². The lowest BCUT2D eigenvalue weighted by Gasteiger charge is -2.15. The van der Waals surface area contributed by atoms with Crippen LogP contribution >= 0.6 is 11.6 Å². The van der Waals surface area contributed by atoms with Gasteiger partial charge in [-0.15, -0.1) is 11.6 Å². The molecule has 0 spiro atoms. The summed E-state index contributed by atoms with van der Waals surface area (Å²) >= 11 is 5.51. The molecule has 1 fully saturated rings. The molecule has 12 heavy (non-hydrogen) atoms. The maximum atomic E-state index is 5.51. The van der Waals surface area contributed by atoms with Crippen LogP contribution in [0.15, 0.2) is 12.2 Å². The normalized spacial score (nSPS) is 30.2. The Morgan fingerprint density at radius 1 is 1.42 bits per heavy atom. The van der Waals surface area contributed by atoms with E-state index in [1.54, 1.807) is 0 Å². The Kier molecular flexibility index (Phi) is 4.70. The monoisotopic (exact) mass is 187 g/mol. The smallest absolute Gasteiger partial charge is 0.0404 e. The molecule has 1 nitrogen and oxygen atoms in total. The van der Waals surface area contributed by atoms with E-state index >= 15 is 0 Å². The average molecular weight is 188 g/mol. The molecule has 0 aromatic rings. The minimum atomic E-state index is 0.627. The van der Waals surface area contributed by atoms with Crippen molar-refractivity contribution in [3.63, 3.8) is 0 Å². The summed E-state index contributed by atoms with van der Waals surface area (Å²) in [5.41, 5.74) is 0. The van der Waals surface area contributed by atoms with Crippen LogP contribution in [0, 0.1) is 5.92 Å². The van der Waals surface area contributed by atoms with Crippen LogP contribution in [0.2, 0.25) is 0 Å². The Labute approximate surface area is 80.2 Å². The molecule has 0 saturated heterocycles. The molecule has 0 heterocycles. The molecule has 1 aliphatic rings. The van der Waals surface area contributed by atoms with Gasteiger partial charge in [0.1, 0.15) is 0 Å². The lowest BCUT2D eigenvalue weighted by molar-refractivity contribution is 0.445. The van der Waals surface area contributed by atoms with Crippen molar-refractivity contribution in [2.75, 3.05) is 12.4 Å². The quantitative estimate of drug-likeness (QED) is 0.527. The zero-order valence-corrected chi connectivity index (χ0v) is 8.48. The van der Waals surface area contributed by atoms with Crippen LogP contribution < -0.4 is 5.32 Å². The standard InChI is InChI=1S/C10H18ClN/c1-9-5-4-6-10(9)12-8-3-2-7-11/h2-3,9-10,12H,4-8H2,1H3/b3-2+. The van der Waals surface area contributed by atoms with Crippen molar-refractivity contribution in [2.24, 2.45) is 5.92 Å². The van der Waals surface area contributed by atoms with E-state index in [2.05, 4.69) is 18.3 Å². The van der Waals surface area contributed by atoms with Gasteiger partial charge in [-0.3, -0.25) is 0 Å². The van der Waals surface area contributed by atoms with Gasteiger partial charge in [-0.05, 0) is 18.8 Å². The Morgan fingerprint density at radius 3 is 2.83 bits per heavy atom. The predicted molar refractivity (Wildman–Crippen MR) is 54.7 cm³/mol. The predicted octanol–water partition coefficient (Wildman–Crippen LogP) is 2.56. The van der Waals surface area contributed by atoms with Crippen LogP contribution in [0.4, 0.5) is 0 Å². The molecule has 2 atom stereocenters. The molecule has 2 unspecified atom stereocenters. The summed E-state index contributed by atoms with van der Waals surface area (Å²) in [5, 5.41) is 3.52. The fraction of sp³-hybridized carbons (Fsp3) is 0.800. The number of halogens is 1. The highest BCUT2D eigenvalue weighted by atomic mass is 35.5. The van der Waals surface area contributed by atoms with Crippen LogP contribution in [-0.2, 0) is 0 Å². The molecule has 70 valence electrons. The second kappa shape index (κ2) is 5.60. The summed E-state index contributed by atoms with van der Waals surface area (Å²) in [6, 6.07) is 0.741. The zero-order valence-electron chi connectivity index (χ0n) is 7.72. The largest absolute Gasteiger partial charge is 0.310 e. The summed E-state index contributed by atoms with van der Waals surface area (Å²) < 4.78 is 0. The third-order valence-corrected chi connectivity index (χ3v) is 2.79. The van der Waals surface area contributed by atoms with Crippen molar-refractivity contribution in [3.8, 4) is 0 Å². The van der Waals surface area contributed by atoms with E-state index in [0.717, 1.165) is 18.5 Å². The molecule has 1 saturated carbocycles. The summed E-state index contributed by atoms with van der Waals surface area (Å²) in [6.45, 7) is 3.30. The first kappa shape index (κ1) is 10.1. The van der Waals surface area contributed by atoms with Gasteiger partial charge in [0.05, 0.1) is 0 Å². The van der Waals surface area contributed by atoms with E-state index in [1.165, 1.54) is 19.3 Å². The highest BCUT2D eigenvalue weighted by Gasteiger charge is 2.21. The second-order valence-electron chi connectivity index (χ2n) is 3.55. The average Bonchev–Trinajstić information content (AvgIpc) is 2.46. The lowest BCUT2D eigenvalue weighted by Crippen LogP contribution is -2.31. The van der Waals surface area contributed by atoms with E-state index in [4.69, 9.17) is 11.6 Å². The van der Waals surface area contributed by atoms with Gasteiger partial charge in [0.2, 0.25) is 0 Å². The number of alkyl halides is 1. The minimum absolute atomic E-state index is 0.627. The van der Waals surface area contributed by atoms with Crippen molar-refractivity contribution >= 4 is 11.6 Å².